The van der Waals surface area contributed by atoms with Gasteiger partial charge in [0.2, 0.25) is 0 Å². The molecule has 0 radical (unpaired) electrons. The number of thioether (sulfide) groups is 1. The Bertz CT molecular complexity index is 706. The molecule has 0 spiro atoms. The molecule has 0 atom stereocenters. The molecule has 0 aromatic heterocycles. The minimum absolute atomic E-state index is 0.154. The third-order valence-corrected chi connectivity index (χ3v) is 4.49. The van der Waals surface area contributed by atoms with Crippen molar-refractivity contribution in [1.29, 1.82) is 0 Å². The summed E-state index contributed by atoms with van der Waals surface area (Å²) in [6, 6.07) is 13.7. The monoisotopic (exact) mass is 403 g/mol. The van der Waals surface area contributed by atoms with Crippen molar-refractivity contribution in [3.05, 3.63) is 64.7 Å². The minimum Gasteiger partial charge on any atom is -0.367 e. The van der Waals surface area contributed by atoms with E-state index in [0.29, 0.717) is 28.4 Å². The fraction of sp³-hybridized carbons (Fsp3) is 0.278. The van der Waals surface area contributed by atoms with Gasteiger partial charge in [-0.1, -0.05) is 23.7 Å². The molecule has 0 aliphatic rings. The standard InChI is InChI=1S/C18H17ClF3NO2S/c19-15-5-7-16(8-6-15)26-10-9-23-17(24)14-3-1-13(2-4-14)11-25-12-18(20,21)22/h1-8H,9-12H2,(H,23,24). The van der Waals surface area contributed by atoms with Crippen LogP contribution >= 0.6 is 23.4 Å². The van der Waals surface area contributed by atoms with Gasteiger partial charge in [0.25, 0.3) is 5.91 Å². The maximum absolute atomic E-state index is 12.0. The molecule has 0 saturated carbocycles. The molecular formula is C18H17ClF3NO2S. The molecule has 1 N–H and O–H groups in total. The van der Waals surface area contributed by atoms with Gasteiger partial charge in [-0.05, 0) is 42.0 Å². The van der Waals surface area contributed by atoms with Gasteiger partial charge in [0.05, 0.1) is 6.61 Å². The zero-order valence-electron chi connectivity index (χ0n) is 13.7. The second-order valence-electron chi connectivity index (χ2n) is 5.36. The number of ether oxygens (including phenoxy) is 1. The van der Waals surface area contributed by atoms with Gasteiger partial charge in [0, 0.05) is 27.8 Å². The van der Waals surface area contributed by atoms with E-state index in [4.69, 9.17) is 11.6 Å². The molecule has 0 saturated heterocycles. The predicted molar refractivity (Wildman–Crippen MR) is 96.7 cm³/mol. The number of amides is 1. The van der Waals surface area contributed by atoms with Gasteiger partial charge >= 0.3 is 6.18 Å². The van der Waals surface area contributed by atoms with Gasteiger partial charge in [-0.25, -0.2) is 0 Å². The van der Waals surface area contributed by atoms with E-state index in [9.17, 15) is 18.0 Å². The second-order valence-corrected chi connectivity index (χ2v) is 6.97. The van der Waals surface area contributed by atoms with E-state index in [2.05, 4.69) is 10.1 Å². The van der Waals surface area contributed by atoms with Crippen molar-refractivity contribution in [3.8, 4) is 0 Å². The van der Waals surface area contributed by atoms with Gasteiger partial charge in [-0.15, -0.1) is 11.8 Å². The number of nitrogens with one attached hydrogen (secondary N) is 1. The molecule has 0 fully saturated rings. The van der Waals surface area contributed by atoms with Crippen LogP contribution in [0, 0.1) is 0 Å². The molecular weight excluding hydrogens is 387 g/mol. The van der Waals surface area contributed by atoms with E-state index in [1.807, 2.05) is 24.3 Å². The summed E-state index contributed by atoms with van der Waals surface area (Å²) < 4.78 is 40.6. The van der Waals surface area contributed by atoms with Gasteiger partial charge in [0.1, 0.15) is 6.61 Å². The van der Waals surface area contributed by atoms with Crippen molar-refractivity contribution in [3.63, 3.8) is 0 Å². The Morgan fingerprint density at radius 2 is 1.73 bits per heavy atom. The molecule has 8 heteroatoms. The Balaban J connectivity index is 1.71. The number of carbonyl (C=O) groups is 1. The van der Waals surface area contributed by atoms with Crippen LogP contribution in [-0.2, 0) is 11.3 Å². The van der Waals surface area contributed by atoms with Gasteiger partial charge in [0.15, 0.2) is 0 Å². The van der Waals surface area contributed by atoms with Crippen LogP contribution in [0.2, 0.25) is 5.02 Å². The highest BCUT2D eigenvalue weighted by Gasteiger charge is 2.27. The molecule has 2 rings (SSSR count). The molecule has 140 valence electrons. The lowest BCUT2D eigenvalue weighted by Crippen LogP contribution is -2.25. The molecule has 0 heterocycles. The average molecular weight is 404 g/mol. The van der Waals surface area contributed by atoms with Gasteiger partial charge < -0.3 is 10.1 Å². The van der Waals surface area contributed by atoms with Crippen LogP contribution in [0.25, 0.3) is 0 Å². The van der Waals surface area contributed by atoms with Crippen molar-refractivity contribution in [2.24, 2.45) is 0 Å². The van der Waals surface area contributed by atoms with Gasteiger partial charge in [-0.3, -0.25) is 4.79 Å². The summed E-state index contributed by atoms with van der Waals surface area (Å²) in [5, 5.41) is 3.47. The Kier molecular flexibility index (Phi) is 7.81. The Labute approximate surface area is 158 Å². The number of hydrogen-bond donors (Lipinski definition) is 1. The summed E-state index contributed by atoms with van der Waals surface area (Å²) in [4.78, 5) is 13.1. The molecule has 0 aliphatic carbocycles. The normalized spacial score (nSPS) is 11.4. The zero-order chi connectivity index (χ0) is 19.0. The fourth-order valence-electron chi connectivity index (χ4n) is 2.00. The van der Waals surface area contributed by atoms with E-state index >= 15 is 0 Å². The first-order chi connectivity index (χ1) is 12.3. The summed E-state index contributed by atoms with van der Waals surface area (Å²) in [7, 11) is 0. The zero-order valence-corrected chi connectivity index (χ0v) is 15.3. The largest absolute Gasteiger partial charge is 0.411 e. The lowest BCUT2D eigenvalue weighted by molar-refractivity contribution is -0.176. The van der Waals surface area contributed by atoms with E-state index in [1.54, 1.807) is 36.0 Å². The van der Waals surface area contributed by atoms with Crippen LogP contribution < -0.4 is 5.32 Å². The number of alkyl halides is 3. The predicted octanol–water partition coefficient (Wildman–Crippen LogP) is 4.94. The highest BCUT2D eigenvalue weighted by molar-refractivity contribution is 7.99. The highest BCUT2D eigenvalue weighted by Crippen LogP contribution is 2.19. The number of hydrogen-bond acceptors (Lipinski definition) is 3. The third-order valence-electron chi connectivity index (χ3n) is 3.22. The lowest BCUT2D eigenvalue weighted by Gasteiger charge is -2.08. The Hall–Kier alpha value is -1.70. The van der Waals surface area contributed by atoms with Crippen LogP contribution in [0.5, 0.6) is 0 Å². The molecule has 0 bridgehead atoms. The summed E-state index contributed by atoms with van der Waals surface area (Å²) in [6.07, 6.45) is -4.34. The third kappa shape index (κ3) is 7.68. The van der Waals surface area contributed by atoms with Crippen molar-refractivity contribution in [1.82, 2.24) is 5.32 Å². The average Bonchev–Trinajstić information content (AvgIpc) is 2.59. The first kappa shape index (κ1) is 20.6. The van der Waals surface area contributed by atoms with Crippen LogP contribution in [0.15, 0.2) is 53.4 Å². The number of carbonyl (C=O) groups excluding carboxylic acids is 1. The van der Waals surface area contributed by atoms with Crippen molar-refractivity contribution in [2.45, 2.75) is 17.7 Å². The van der Waals surface area contributed by atoms with Crippen molar-refractivity contribution in [2.75, 3.05) is 18.9 Å². The molecule has 0 unspecified atom stereocenters. The highest BCUT2D eigenvalue weighted by atomic mass is 35.5. The van der Waals surface area contributed by atoms with E-state index in [0.717, 1.165) is 4.90 Å². The number of benzene rings is 2. The van der Waals surface area contributed by atoms with Crippen LogP contribution in [0.4, 0.5) is 13.2 Å². The SMILES string of the molecule is O=C(NCCSc1ccc(Cl)cc1)c1ccc(COCC(F)(F)F)cc1. The topological polar surface area (TPSA) is 38.3 Å². The number of rotatable bonds is 8. The smallest absolute Gasteiger partial charge is 0.367 e. The molecule has 0 aliphatic heterocycles. The first-order valence-electron chi connectivity index (χ1n) is 7.73. The minimum atomic E-state index is -4.34. The summed E-state index contributed by atoms with van der Waals surface area (Å²) in [5.41, 5.74) is 1.02. The van der Waals surface area contributed by atoms with Crippen LogP contribution in [0.3, 0.4) is 0 Å². The maximum atomic E-state index is 12.0. The maximum Gasteiger partial charge on any atom is 0.411 e. The Morgan fingerprint density at radius 1 is 1.08 bits per heavy atom. The van der Waals surface area contributed by atoms with Crippen molar-refractivity contribution >= 4 is 29.3 Å². The fourth-order valence-corrected chi connectivity index (χ4v) is 2.90. The molecule has 2 aromatic carbocycles. The number of halogens is 4. The van der Waals surface area contributed by atoms with E-state index < -0.39 is 12.8 Å². The lowest BCUT2D eigenvalue weighted by atomic mass is 10.1. The molecule has 2 aromatic rings. The summed E-state index contributed by atoms with van der Waals surface area (Å²) in [5.74, 6) is 0.473. The second kappa shape index (κ2) is 9.85. The van der Waals surface area contributed by atoms with Crippen LogP contribution in [0.1, 0.15) is 15.9 Å². The van der Waals surface area contributed by atoms with Gasteiger partial charge in [-0.2, -0.15) is 13.2 Å². The first-order valence-corrected chi connectivity index (χ1v) is 9.10. The Morgan fingerprint density at radius 3 is 2.35 bits per heavy atom. The van der Waals surface area contributed by atoms with Crippen LogP contribution in [-0.4, -0.2) is 31.0 Å². The quantitative estimate of drug-likeness (QED) is 0.501. The van der Waals surface area contributed by atoms with E-state index in [1.165, 1.54) is 0 Å². The molecule has 3 nitrogen and oxygen atoms in total. The molecule has 26 heavy (non-hydrogen) atoms. The molecule has 1 amide bonds. The van der Waals surface area contributed by atoms with E-state index in [-0.39, 0.29) is 12.5 Å². The summed E-state index contributed by atoms with van der Waals surface area (Å²) in [6.45, 7) is -0.956. The summed E-state index contributed by atoms with van der Waals surface area (Å²) >= 11 is 7.42. The van der Waals surface area contributed by atoms with Crippen molar-refractivity contribution < 1.29 is 22.7 Å².